The van der Waals surface area contributed by atoms with Gasteiger partial charge in [0.15, 0.2) is 0 Å². The predicted molar refractivity (Wildman–Crippen MR) is 76.5 cm³/mol. The Bertz CT molecular complexity index is 450. The minimum atomic E-state index is -0.693. The van der Waals surface area contributed by atoms with Crippen LogP contribution in [0, 0.1) is 19.8 Å². The van der Waals surface area contributed by atoms with Crippen LogP contribution in [0.15, 0.2) is 18.2 Å². The van der Waals surface area contributed by atoms with Crippen LogP contribution in [0.4, 0.5) is 0 Å². The van der Waals surface area contributed by atoms with Gasteiger partial charge in [-0.1, -0.05) is 18.2 Å². The Morgan fingerprint density at radius 3 is 2.58 bits per heavy atom. The first-order valence-electron chi connectivity index (χ1n) is 7.07. The number of aliphatic carboxylic acids is 1. The summed E-state index contributed by atoms with van der Waals surface area (Å²) in [6.45, 7) is 6.20. The average molecular weight is 261 g/mol. The molecule has 1 aromatic rings. The lowest BCUT2D eigenvalue weighted by Gasteiger charge is -2.30. The van der Waals surface area contributed by atoms with Gasteiger partial charge in [-0.15, -0.1) is 0 Å². The van der Waals surface area contributed by atoms with Crippen molar-refractivity contribution in [2.45, 2.75) is 39.0 Å². The summed E-state index contributed by atoms with van der Waals surface area (Å²) in [4.78, 5) is 11.2. The molecule has 104 valence electrons. The molecule has 3 nitrogen and oxygen atoms in total. The lowest BCUT2D eigenvalue weighted by atomic mass is 9.78. The zero-order chi connectivity index (χ0) is 13.8. The van der Waals surface area contributed by atoms with Gasteiger partial charge in [0.25, 0.3) is 0 Å². The summed E-state index contributed by atoms with van der Waals surface area (Å²) >= 11 is 0. The van der Waals surface area contributed by atoms with Gasteiger partial charge in [0.2, 0.25) is 0 Å². The Labute approximate surface area is 115 Å². The van der Waals surface area contributed by atoms with E-state index in [-0.39, 0.29) is 12.3 Å². The minimum Gasteiger partial charge on any atom is -0.481 e. The number of benzene rings is 1. The molecule has 0 spiro atoms. The smallest absolute Gasteiger partial charge is 0.303 e. The van der Waals surface area contributed by atoms with Crippen molar-refractivity contribution in [1.29, 1.82) is 0 Å². The zero-order valence-corrected chi connectivity index (χ0v) is 11.8. The number of rotatable bonds is 4. The van der Waals surface area contributed by atoms with Crippen molar-refractivity contribution >= 4 is 5.97 Å². The fourth-order valence-corrected chi connectivity index (χ4v) is 2.99. The number of aryl methyl sites for hydroxylation is 2. The highest BCUT2D eigenvalue weighted by Crippen LogP contribution is 2.34. The standard InChI is InChI=1S/C16H23NO2/c1-11-3-4-14(9-12(11)2)15(10-16(18)19)13-5-7-17-8-6-13/h3-4,9,13,15,17H,5-8,10H2,1-2H3,(H,18,19). The highest BCUT2D eigenvalue weighted by molar-refractivity contribution is 5.68. The quantitative estimate of drug-likeness (QED) is 0.876. The Kier molecular flexibility index (Phi) is 4.59. The van der Waals surface area contributed by atoms with E-state index in [0.29, 0.717) is 5.92 Å². The zero-order valence-electron chi connectivity index (χ0n) is 11.8. The van der Waals surface area contributed by atoms with Crippen LogP contribution in [-0.4, -0.2) is 24.2 Å². The van der Waals surface area contributed by atoms with Crippen LogP contribution in [0.5, 0.6) is 0 Å². The Morgan fingerprint density at radius 1 is 1.32 bits per heavy atom. The molecule has 0 radical (unpaired) electrons. The van der Waals surface area contributed by atoms with E-state index >= 15 is 0 Å². The Morgan fingerprint density at radius 2 is 2.00 bits per heavy atom. The lowest BCUT2D eigenvalue weighted by molar-refractivity contribution is -0.137. The van der Waals surface area contributed by atoms with E-state index in [9.17, 15) is 9.90 Å². The fourth-order valence-electron chi connectivity index (χ4n) is 2.99. The van der Waals surface area contributed by atoms with E-state index in [1.54, 1.807) is 0 Å². The highest BCUT2D eigenvalue weighted by Gasteiger charge is 2.27. The summed E-state index contributed by atoms with van der Waals surface area (Å²) in [5.41, 5.74) is 3.71. The van der Waals surface area contributed by atoms with Gasteiger partial charge in [0.05, 0.1) is 6.42 Å². The molecule has 1 aromatic carbocycles. The van der Waals surface area contributed by atoms with Crippen LogP contribution >= 0.6 is 0 Å². The van der Waals surface area contributed by atoms with Crippen molar-refractivity contribution in [3.63, 3.8) is 0 Å². The summed E-state index contributed by atoms with van der Waals surface area (Å²) in [6, 6.07) is 6.39. The third kappa shape index (κ3) is 3.57. The van der Waals surface area contributed by atoms with Gasteiger partial charge in [0, 0.05) is 0 Å². The Balaban J connectivity index is 2.24. The van der Waals surface area contributed by atoms with Crippen molar-refractivity contribution in [1.82, 2.24) is 5.32 Å². The topological polar surface area (TPSA) is 49.3 Å². The first-order chi connectivity index (χ1) is 9.08. The number of carboxylic acid groups (broad SMARTS) is 1. The Hall–Kier alpha value is -1.35. The van der Waals surface area contributed by atoms with Gasteiger partial charge in [0.1, 0.15) is 0 Å². The molecule has 2 rings (SSSR count). The van der Waals surface area contributed by atoms with Crippen molar-refractivity contribution in [2.75, 3.05) is 13.1 Å². The second-order valence-electron chi connectivity index (χ2n) is 5.64. The lowest BCUT2D eigenvalue weighted by Crippen LogP contribution is -2.31. The number of piperidine rings is 1. The average Bonchev–Trinajstić information content (AvgIpc) is 2.40. The van der Waals surface area contributed by atoms with Gasteiger partial charge >= 0.3 is 5.97 Å². The summed E-state index contributed by atoms with van der Waals surface area (Å²) < 4.78 is 0. The molecule has 1 heterocycles. The van der Waals surface area contributed by atoms with Crippen LogP contribution < -0.4 is 5.32 Å². The summed E-state index contributed by atoms with van der Waals surface area (Å²) in [5.74, 6) is -0.0554. The molecule has 19 heavy (non-hydrogen) atoms. The van der Waals surface area contributed by atoms with Crippen LogP contribution in [0.2, 0.25) is 0 Å². The molecule has 0 aliphatic carbocycles. The maximum absolute atomic E-state index is 11.2. The summed E-state index contributed by atoms with van der Waals surface area (Å²) in [5, 5.41) is 12.5. The van der Waals surface area contributed by atoms with Crippen LogP contribution in [0.3, 0.4) is 0 Å². The van der Waals surface area contributed by atoms with Crippen LogP contribution in [-0.2, 0) is 4.79 Å². The first kappa shape index (κ1) is 14.1. The molecule has 1 saturated heterocycles. The molecule has 3 heteroatoms. The number of hydrogen-bond acceptors (Lipinski definition) is 2. The number of carboxylic acids is 1. The molecule has 1 fully saturated rings. The molecular weight excluding hydrogens is 238 g/mol. The van der Waals surface area contributed by atoms with Crippen molar-refractivity contribution in [3.8, 4) is 0 Å². The van der Waals surface area contributed by atoms with E-state index in [2.05, 4.69) is 37.4 Å². The van der Waals surface area contributed by atoms with Crippen molar-refractivity contribution in [2.24, 2.45) is 5.92 Å². The monoisotopic (exact) mass is 261 g/mol. The molecule has 1 atom stereocenters. The van der Waals surface area contributed by atoms with E-state index in [1.165, 1.54) is 16.7 Å². The largest absolute Gasteiger partial charge is 0.481 e. The minimum absolute atomic E-state index is 0.152. The molecule has 2 N–H and O–H groups in total. The van der Waals surface area contributed by atoms with Crippen molar-refractivity contribution in [3.05, 3.63) is 34.9 Å². The second kappa shape index (κ2) is 6.20. The molecule has 0 aromatic heterocycles. The number of hydrogen-bond donors (Lipinski definition) is 2. The second-order valence-corrected chi connectivity index (χ2v) is 5.64. The van der Waals surface area contributed by atoms with Gasteiger partial charge in [-0.2, -0.15) is 0 Å². The predicted octanol–water partition coefficient (Wildman–Crippen LogP) is 2.86. The molecule has 0 amide bonds. The highest BCUT2D eigenvalue weighted by atomic mass is 16.4. The van der Waals surface area contributed by atoms with E-state index in [0.717, 1.165) is 25.9 Å². The first-order valence-corrected chi connectivity index (χ1v) is 7.07. The molecule has 1 unspecified atom stereocenters. The molecule has 1 aliphatic rings. The summed E-state index contributed by atoms with van der Waals surface area (Å²) in [7, 11) is 0. The van der Waals surface area contributed by atoms with Gasteiger partial charge in [-0.05, 0) is 68.3 Å². The molecule has 1 aliphatic heterocycles. The third-order valence-corrected chi connectivity index (χ3v) is 4.31. The molecule has 0 bridgehead atoms. The normalized spacial score (nSPS) is 18.2. The van der Waals surface area contributed by atoms with Crippen LogP contribution in [0.1, 0.15) is 41.9 Å². The summed E-state index contributed by atoms with van der Waals surface area (Å²) in [6.07, 6.45) is 2.39. The number of carbonyl (C=O) groups is 1. The van der Waals surface area contributed by atoms with Gasteiger partial charge < -0.3 is 10.4 Å². The molecule has 0 saturated carbocycles. The maximum atomic E-state index is 11.2. The van der Waals surface area contributed by atoms with Gasteiger partial charge in [-0.3, -0.25) is 4.79 Å². The number of nitrogens with one attached hydrogen (secondary N) is 1. The van der Waals surface area contributed by atoms with E-state index < -0.39 is 5.97 Å². The van der Waals surface area contributed by atoms with E-state index in [1.807, 2.05) is 0 Å². The van der Waals surface area contributed by atoms with Gasteiger partial charge in [-0.25, -0.2) is 0 Å². The third-order valence-electron chi connectivity index (χ3n) is 4.31. The molecular formula is C16H23NO2. The van der Waals surface area contributed by atoms with Crippen LogP contribution in [0.25, 0.3) is 0 Å². The van der Waals surface area contributed by atoms with Crippen molar-refractivity contribution < 1.29 is 9.90 Å². The van der Waals surface area contributed by atoms with E-state index in [4.69, 9.17) is 0 Å². The fraction of sp³-hybridized carbons (Fsp3) is 0.562. The SMILES string of the molecule is Cc1ccc(C(CC(=O)O)C2CCNCC2)cc1C. The maximum Gasteiger partial charge on any atom is 0.303 e.